The van der Waals surface area contributed by atoms with Crippen LogP contribution >= 0.6 is 12.6 Å². The number of hydrogen-bond donors (Lipinski definition) is 4. The van der Waals surface area contributed by atoms with E-state index in [4.69, 9.17) is 11.5 Å². The number of nitrogens with two attached hydrogens (primary N) is 3. The van der Waals surface area contributed by atoms with Crippen molar-refractivity contribution in [3.05, 3.63) is 59.5 Å². The molecule has 25 heavy (non-hydrogen) atoms. The Labute approximate surface area is 158 Å². The second kappa shape index (κ2) is 11.7. The minimum atomic E-state index is 0.804. The smallest absolute Gasteiger partial charge is 0.134 e. The fraction of sp³-hybridized carbons (Fsp3) is 0.400. The molecule has 0 amide bonds. The fourth-order valence-corrected chi connectivity index (χ4v) is 2.86. The molecule has 0 unspecified atom stereocenters. The molecule has 1 aliphatic carbocycles. The number of anilines is 2. The van der Waals surface area contributed by atoms with Crippen LogP contribution in [-0.4, -0.2) is 25.9 Å². The lowest BCUT2D eigenvalue weighted by Crippen LogP contribution is -2.82. The molecule has 0 heterocycles. The van der Waals surface area contributed by atoms with E-state index in [9.17, 15) is 0 Å². The summed E-state index contributed by atoms with van der Waals surface area (Å²) in [6.45, 7) is 6.15. The summed E-state index contributed by atoms with van der Waals surface area (Å²) in [6, 6.07) is 7.84. The largest absolute Gasteiger partial charge is 0.399 e. The van der Waals surface area contributed by atoms with Gasteiger partial charge in [0.15, 0.2) is 0 Å². The Kier molecular flexibility index (Phi) is 9.88. The maximum atomic E-state index is 5.90. The van der Waals surface area contributed by atoms with Crippen LogP contribution in [0.2, 0.25) is 0 Å². The SMILES string of the molecule is C/C=C(/N)C1=CCCC=C1[NH2+]CC.CN(CCS)c1ccc(N)cc1. The highest BCUT2D eigenvalue weighted by Gasteiger charge is 2.13. The van der Waals surface area contributed by atoms with Crippen LogP contribution in [0.4, 0.5) is 11.4 Å². The maximum Gasteiger partial charge on any atom is 0.134 e. The molecular weight excluding hydrogens is 328 g/mol. The molecule has 6 N–H and O–H groups in total. The van der Waals surface area contributed by atoms with Crippen molar-refractivity contribution in [2.45, 2.75) is 26.7 Å². The molecule has 0 aliphatic heterocycles. The van der Waals surface area contributed by atoms with Gasteiger partial charge < -0.3 is 21.7 Å². The first-order valence-electron chi connectivity index (χ1n) is 8.87. The highest BCUT2D eigenvalue weighted by Crippen LogP contribution is 2.18. The van der Waals surface area contributed by atoms with Gasteiger partial charge in [-0.2, -0.15) is 12.6 Å². The summed E-state index contributed by atoms with van der Waals surface area (Å²) in [7, 11) is 2.04. The molecule has 1 aromatic carbocycles. The molecule has 0 fully saturated rings. The topological polar surface area (TPSA) is 71.9 Å². The van der Waals surface area contributed by atoms with Gasteiger partial charge in [-0.25, -0.2) is 0 Å². The second-order valence-electron chi connectivity index (χ2n) is 5.95. The highest BCUT2D eigenvalue weighted by atomic mass is 32.1. The van der Waals surface area contributed by atoms with Crippen LogP contribution in [0.25, 0.3) is 0 Å². The molecule has 0 saturated heterocycles. The first-order chi connectivity index (χ1) is 12.0. The Hall–Kier alpha value is -1.85. The number of rotatable bonds is 6. The van der Waals surface area contributed by atoms with Crippen LogP contribution in [-0.2, 0) is 0 Å². The van der Waals surface area contributed by atoms with E-state index in [1.807, 2.05) is 44.3 Å². The Morgan fingerprint density at radius 3 is 2.44 bits per heavy atom. The minimum Gasteiger partial charge on any atom is -0.399 e. The number of allylic oxidation sites excluding steroid dienone is 3. The number of nitrogen functional groups attached to an aromatic ring is 1. The van der Waals surface area contributed by atoms with Gasteiger partial charge in [0, 0.05) is 36.4 Å². The van der Waals surface area contributed by atoms with Gasteiger partial charge in [0.1, 0.15) is 5.70 Å². The van der Waals surface area contributed by atoms with Crippen molar-refractivity contribution in [3.63, 3.8) is 0 Å². The molecule has 0 radical (unpaired) electrons. The average Bonchev–Trinajstić information content (AvgIpc) is 2.63. The number of benzene rings is 1. The van der Waals surface area contributed by atoms with Crippen molar-refractivity contribution in [1.82, 2.24) is 0 Å². The maximum absolute atomic E-state index is 5.90. The Bertz CT molecular complexity index is 603. The van der Waals surface area contributed by atoms with Gasteiger partial charge in [-0.05, 0) is 57.0 Å². The van der Waals surface area contributed by atoms with Gasteiger partial charge in [-0.3, -0.25) is 0 Å². The summed E-state index contributed by atoms with van der Waals surface area (Å²) in [5.41, 5.74) is 16.9. The number of nitrogens with zero attached hydrogens (tertiary/aromatic N) is 1. The van der Waals surface area contributed by atoms with Crippen LogP contribution in [0.15, 0.2) is 59.5 Å². The van der Waals surface area contributed by atoms with Crippen molar-refractivity contribution in [2.75, 3.05) is 36.5 Å². The van der Waals surface area contributed by atoms with E-state index in [2.05, 4.69) is 41.9 Å². The molecule has 1 aliphatic rings. The quantitative estimate of drug-likeness (QED) is 0.465. The van der Waals surface area contributed by atoms with Crippen molar-refractivity contribution in [2.24, 2.45) is 5.73 Å². The van der Waals surface area contributed by atoms with E-state index >= 15 is 0 Å². The third kappa shape index (κ3) is 7.28. The summed E-state index contributed by atoms with van der Waals surface area (Å²) in [5.74, 6) is 0.862. The van der Waals surface area contributed by atoms with Crippen LogP contribution in [0.1, 0.15) is 26.7 Å². The average molecular weight is 362 g/mol. The number of hydrogen-bond acceptors (Lipinski definition) is 4. The summed E-state index contributed by atoms with van der Waals surface area (Å²) in [5, 5.41) is 2.24. The molecule has 5 heteroatoms. The highest BCUT2D eigenvalue weighted by molar-refractivity contribution is 7.80. The van der Waals surface area contributed by atoms with E-state index in [0.717, 1.165) is 43.1 Å². The number of thiol groups is 1. The summed E-state index contributed by atoms with van der Waals surface area (Å²) in [4.78, 5) is 2.15. The van der Waals surface area contributed by atoms with E-state index in [1.165, 1.54) is 17.0 Å². The molecule has 1 aromatic rings. The first kappa shape index (κ1) is 21.2. The molecule has 0 atom stereocenters. The molecule has 0 bridgehead atoms. The van der Waals surface area contributed by atoms with Crippen molar-refractivity contribution >= 4 is 24.0 Å². The lowest BCUT2D eigenvalue weighted by atomic mass is 10.0. The van der Waals surface area contributed by atoms with Gasteiger partial charge in [-0.15, -0.1) is 0 Å². The number of quaternary nitrogens is 1. The summed E-state index contributed by atoms with van der Waals surface area (Å²) in [6.07, 6.45) is 8.73. The molecular formula is C20H33N4S+. The van der Waals surface area contributed by atoms with E-state index < -0.39 is 0 Å². The van der Waals surface area contributed by atoms with E-state index in [0.29, 0.717) is 0 Å². The zero-order valence-corrected chi connectivity index (χ0v) is 16.6. The Balaban J connectivity index is 0.000000251. The normalized spacial score (nSPS) is 14.2. The fourth-order valence-electron chi connectivity index (χ4n) is 2.56. The third-order valence-electron chi connectivity index (χ3n) is 4.01. The van der Waals surface area contributed by atoms with Crippen LogP contribution in [0.3, 0.4) is 0 Å². The third-order valence-corrected chi connectivity index (χ3v) is 4.21. The first-order valence-corrected chi connectivity index (χ1v) is 9.50. The molecule has 2 rings (SSSR count). The van der Waals surface area contributed by atoms with Crippen LogP contribution in [0, 0.1) is 0 Å². The predicted octanol–water partition coefficient (Wildman–Crippen LogP) is 2.67. The second-order valence-corrected chi connectivity index (χ2v) is 6.39. The predicted molar refractivity (Wildman–Crippen MR) is 114 cm³/mol. The Morgan fingerprint density at radius 2 is 1.88 bits per heavy atom. The van der Waals surface area contributed by atoms with Gasteiger partial charge in [-0.1, -0.05) is 12.2 Å². The van der Waals surface area contributed by atoms with Crippen molar-refractivity contribution in [1.29, 1.82) is 0 Å². The van der Waals surface area contributed by atoms with Crippen LogP contribution in [0.5, 0.6) is 0 Å². The zero-order valence-electron chi connectivity index (χ0n) is 15.7. The molecule has 0 aromatic heterocycles. The summed E-state index contributed by atoms with van der Waals surface area (Å²) < 4.78 is 0. The van der Waals surface area contributed by atoms with E-state index in [1.54, 1.807) is 0 Å². The molecule has 138 valence electrons. The monoisotopic (exact) mass is 361 g/mol. The van der Waals surface area contributed by atoms with Gasteiger partial charge in [0.25, 0.3) is 0 Å². The van der Waals surface area contributed by atoms with Crippen molar-refractivity contribution < 1.29 is 5.32 Å². The van der Waals surface area contributed by atoms with Crippen molar-refractivity contribution in [3.8, 4) is 0 Å². The minimum absolute atomic E-state index is 0.804. The summed E-state index contributed by atoms with van der Waals surface area (Å²) >= 11 is 4.16. The molecule has 0 spiro atoms. The lowest BCUT2D eigenvalue weighted by Gasteiger charge is -2.17. The number of likely N-dealkylation sites (N-methyl/N-ethyl adjacent to an activating group) is 1. The molecule has 4 nitrogen and oxygen atoms in total. The lowest BCUT2D eigenvalue weighted by molar-refractivity contribution is -0.599. The van der Waals surface area contributed by atoms with Gasteiger partial charge >= 0.3 is 0 Å². The van der Waals surface area contributed by atoms with Gasteiger partial charge in [0.2, 0.25) is 0 Å². The standard InChI is InChI=1S/C11H18N2.C9H14N2S/c1-3-10(12)9-7-5-6-8-11(9)13-4-2;1-11(6-7-12)9-4-2-8(10)3-5-9/h3,7-8,13H,4-6,12H2,1-2H3;2-5,12H,6-7,10H2,1H3/p+1/b10-3+;. The van der Waals surface area contributed by atoms with Gasteiger partial charge in [0.05, 0.1) is 12.1 Å². The Morgan fingerprint density at radius 1 is 1.24 bits per heavy atom. The molecule has 0 saturated carbocycles. The van der Waals surface area contributed by atoms with E-state index in [-0.39, 0.29) is 0 Å². The van der Waals surface area contributed by atoms with Crippen LogP contribution < -0.4 is 21.7 Å². The zero-order chi connectivity index (χ0) is 18.7.